The Labute approximate surface area is 144 Å². The smallest absolute Gasteiger partial charge is 0.332 e. The van der Waals surface area contributed by atoms with Crippen molar-refractivity contribution in [3.8, 4) is 0 Å². The van der Waals surface area contributed by atoms with E-state index in [1.807, 2.05) is 29.7 Å². The van der Waals surface area contributed by atoms with Crippen molar-refractivity contribution in [3.05, 3.63) is 56.7 Å². The third-order valence-corrected chi connectivity index (χ3v) is 4.75. The molecule has 1 aromatic carbocycles. The van der Waals surface area contributed by atoms with Crippen LogP contribution < -0.4 is 16.1 Å². The van der Waals surface area contributed by atoms with Crippen molar-refractivity contribution in [1.29, 1.82) is 0 Å². The van der Waals surface area contributed by atoms with Crippen LogP contribution in [0.15, 0.2) is 39.9 Å². The summed E-state index contributed by atoms with van der Waals surface area (Å²) >= 11 is 0. The first-order valence-corrected chi connectivity index (χ1v) is 8.60. The number of nitrogens with zero attached hydrogens (tertiary/aromatic N) is 5. The standard InChI is InChI=1S/C18H21N5O2/c1-3-9-23-16(24)14-15(20(2)18(23)25)19-17-21(10-11-22(14)17)12-13-7-5-4-6-8-13/h4-8H,3,9-12H2,1-2H3. The van der Waals surface area contributed by atoms with Gasteiger partial charge in [-0.05, 0) is 12.0 Å². The zero-order valence-electron chi connectivity index (χ0n) is 14.5. The summed E-state index contributed by atoms with van der Waals surface area (Å²) in [4.78, 5) is 32.1. The average Bonchev–Trinajstić information content (AvgIpc) is 3.18. The highest BCUT2D eigenvalue weighted by Gasteiger charge is 2.27. The molecule has 1 aliphatic rings. The highest BCUT2D eigenvalue weighted by Crippen LogP contribution is 2.26. The molecule has 3 aromatic rings. The Bertz CT molecular complexity index is 1050. The van der Waals surface area contributed by atoms with Crippen molar-refractivity contribution in [2.45, 2.75) is 33.0 Å². The molecule has 25 heavy (non-hydrogen) atoms. The molecule has 1 aliphatic heterocycles. The number of hydrogen-bond acceptors (Lipinski definition) is 4. The Morgan fingerprint density at radius 1 is 1.12 bits per heavy atom. The molecule has 0 saturated carbocycles. The second kappa shape index (κ2) is 5.91. The number of aromatic nitrogens is 4. The monoisotopic (exact) mass is 339 g/mol. The minimum absolute atomic E-state index is 0.236. The van der Waals surface area contributed by atoms with Crippen molar-refractivity contribution in [2.24, 2.45) is 7.05 Å². The Balaban J connectivity index is 1.85. The van der Waals surface area contributed by atoms with E-state index in [2.05, 4.69) is 22.0 Å². The van der Waals surface area contributed by atoms with E-state index in [1.165, 1.54) is 14.7 Å². The number of aryl methyl sites for hydroxylation is 1. The van der Waals surface area contributed by atoms with Crippen LogP contribution in [-0.4, -0.2) is 25.2 Å². The predicted octanol–water partition coefficient (Wildman–Crippen LogP) is 1.33. The van der Waals surface area contributed by atoms with Gasteiger partial charge in [0.25, 0.3) is 5.56 Å². The lowest BCUT2D eigenvalue weighted by molar-refractivity contribution is 0.590. The van der Waals surface area contributed by atoms with Crippen LogP contribution in [0.2, 0.25) is 0 Å². The lowest BCUT2D eigenvalue weighted by Crippen LogP contribution is -2.39. The number of imidazole rings is 1. The SMILES string of the molecule is CCCn1c(=O)c2c(nc3n2CCN3Cc2ccccc2)n(C)c1=O. The highest BCUT2D eigenvalue weighted by molar-refractivity contribution is 5.75. The van der Waals surface area contributed by atoms with Gasteiger partial charge in [-0.15, -0.1) is 0 Å². The molecular weight excluding hydrogens is 318 g/mol. The van der Waals surface area contributed by atoms with Gasteiger partial charge in [0.1, 0.15) is 0 Å². The van der Waals surface area contributed by atoms with Gasteiger partial charge in [0.2, 0.25) is 5.95 Å². The van der Waals surface area contributed by atoms with Crippen LogP contribution in [0.25, 0.3) is 11.2 Å². The van der Waals surface area contributed by atoms with Crippen molar-refractivity contribution in [3.63, 3.8) is 0 Å². The largest absolute Gasteiger partial charge is 0.336 e. The summed E-state index contributed by atoms with van der Waals surface area (Å²) in [7, 11) is 1.68. The van der Waals surface area contributed by atoms with Gasteiger partial charge in [-0.2, -0.15) is 4.98 Å². The van der Waals surface area contributed by atoms with E-state index in [4.69, 9.17) is 0 Å². The van der Waals surface area contributed by atoms with Crippen molar-refractivity contribution in [2.75, 3.05) is 11.4 Å². The van der Waals surface area contributed by atoms with Crippen molar-refractivity contribution < 1.29 is 0 Å². The highest BCUT2D eigenvalue weighted by atomic mass is 16.2. The number of rotatable bonds is 4. The molecule has 3 heterocycles. The summed E-state index contributed by atoms with van der Waals surface area (Å²) in [5.74, 6) is 0.764. The Morgan fingerprint density at radius 3 is 2.60 bits per heavy atom. The van der Waals surface area contributed by atoms with Gasteiger partial charge in [0, 0.05) is 33.2 Å². The number of hydrogen-bond donors (Lipinski definition) is 0. The van der Waals surface area contributed by atoms with E-state index >= 15 is 0 Å². The molecule has 0 bridgehead atoms. The van der Waals surface area contributed by atoms with E-state index in [1.54, 1.807) is 7.05 Å². The Hall–Kier alpha value is -2.83. The molecular formula is C18H21N5O2. The molecule has 2 aromatic heterocycles. The molecule has 0 fully saturated rings. The topological polar surface area (TPSA) is 65.1 Å². The van der Waals surface area contributed by atoms with Crippen LogP contribution in [0.5, 0.6) is 0 Å². The molecule has 0 spiro atoms. The minimum atomic E-state index is -0.300. The molecule has 130 valence electrons. The molecule has 0 unspecified atom stereocenters. The lowest BCUT2D eigenvalue weighted by Gasteiger charge is -2.15. The van der Waals surface area contributed by atoms with Crippen LogP contribution in [-0.2, 0) is 26.7 Å². The molecule has 0 aliphatic carbocycles. The van der Waals surface area contributed by atoms with Gasteiger partial charge < -0.3 is 9.47 Å². The van der Waals surface area contributed by atoms with Gasteiger partial charge in [0.05, 0.1) is 0 Å². The second-order valence-electron chi connectivity index (χ2n) is 6.44. The second-order valence-corrected chi connectivity index (χ2v) is 6.44. The van der Waals surface area contributed by atoms with Crippen LogP contribution in [0.4, 0.5) is 5.95 Å². The normalized spacial score (nSPS) is 13.6. The van der Waals surface area contributed by atoms with Crippen molar-refractivity contribution in [1.82, 2.24) is 18.7 Å². The maximum absolute atomic E-state index is 12.8. The van der Waals surface area contributed by atoms with Crippen molar-refractivity contribution >= 4 is 17.1 Å². The first-order chi connectivity index (χ1) is 12.1. The Morgan fingerprint density at radius 2 is 1.88 bits per heavy atom. The quantitative estimate of drug-likeness (QED) is 0.719. The fourth-order valence-electron chi connectivity index (χ4n) is 3.51. The fourth-order valence-corrected chi connectivity index (χ4v) is 3.51. The maximum Gasteiger partial charge on any atom is 0.332 e. The minimum Gasteiger partial charge on any atom is -0.336 e. The lowest BCUT2D eigenvalue weighted by atomic mass is 10.2. The molecule has 0 saturated heterocycles. The molecule has 0 radical (unpaired) electrons. The molecule has 0 N–H and O–H groups in total. The van der Waals surface area contributed by atoms with Gasteiger partial charge >= 0.3 is 5.69 Å². The summed E-state index contributed by atoms with van der Waals surface area (Å²) in [6.07, 6.45) is 0.738. The fraction of sp³-hybridized carbons (Fsp3) is 0.389. The van der Waals surface area contributed by atoms with E-state index in [-0.39, 0.29) is 11.2 Å². The third-order valence-electron chi connectivity index (χ3n) is 4.75. The number of benzene rings is 1. The van der Waals surface area contributed by atoms with Gasteiger partial charge in [-0.1, -0.05) is 37.3 Å². The molecule has 4 rings (SSSR count). The zero-order chi connectivity index (χ0) is 17.6. The molecule has 7 nitrogen and oxygen atoms in total. The van der Waals surface area contributed by atoms with E-state index in [0.29, 0.717) is 24.3 Å². The first kappa shape index (κ1) is 15.7. The molecule has 0 atom stereocenters. The molecule has 7 heteroatoms. The summed E-state index contributed by atoms with van der Waals surface area (Å²) in [6, 6.07) is 10.2. The summed E-state index contributed by atoms with van der Waals surface area (Å²) in [6.45, 7) is 4.64. The van der Waals surface area contributed by atoms with Crippen LogP contribution in [0, 0.1) is 0 Å². The summed E-state index contributed by atoms with van der Waals surface area (Å²) < 4.78 is 4.75. The van der Waals surface area contributed by atoms with E-state index in [9.17, 15) is 9.59 Å². The van der Waals surface area contributed by atoms with Crippen LogP contribution in [0.1, 0.15) is 18.9 Å². The van der Waals surface area contributed by atoms with Gasteiger partial charge in [0.15, 0.2) is 11.2 Å². The Kier molecular flexibility index (Phi) is 3.71. The third kappa shape index (κ3) is 2.38. The van der Waals surface area contributed by atoms with E-state index < -0.39 is 0 Å². The van der Waals surface area contributed by atoms with Crippen LogP contribution in [0.3, 0.4) is 0 Å². The van der Waals surface area contributed by atoms with Gasteiger partial charge in [-0.3, -0.25) is 13.9 Å². The average molecular weight is 339 g/mol. The van der Waals surface area contributed by atoms with E-state index in [0.717, 1.165) is 25.5 Å². The first-order valence-electron chi connectivity index (χ1n) is 8.60. The number of fused-ring (bicyclic) bond motifs is 3. The molecule has 0 amide bonds. The van der Waals surface area contributed by atoms with Crippen LogP contribution >= 0.6 is 0 Å². The summed E-state index contributed by atoms with van der Waals surface area (Å²) in [5.41, 5.74) is 1.66. The maximum atomic E-state index is 12.8. The summed E-state index contributed by atoms with van der Waals surface area (Å²) in [5, 5.41) is 0. The zero-order valence-corrected chi connectivity index (χ0v) is 14.5. The van der Waals surface area contributed by atoms with Gasteiger partial charge in [-0.25, -0.2) is 4.79 Å². The number of anilines is 1. The predicted molar refractivity (Wildman–Crippen MR) is 97.0 cm³/mol.